The van der Waals surface area contributed by atoms with Gasteiger partial charge in [0, 0.05) is 29.1 Å². The number of non-ortho nitro benzene ring substituents is 1. The van der Waals surface area contributed by atoms with Crippen LogP contribution < -0.4 is 0 Å². The van der Waals surface area contributed by atoms with Crippen LogP contribution in [0.3, 0.4) is 0 Å². The van der Waals surface area contributed by atoms with E-state index in [-0.39, 0.29) is 17.2 Å². The van der Waals surface area contributed by atoms with Crippen molar-refractivity contribution >= 4 is 28.9 Å². The zero-order chi connectivity index (χ0) is 18.0. The second kappa shape index (κ2) is 6.99. The second-order valence-electron chi connectivity index (χ2n) is 5.46. The van der Waals surface area contributed by atoms with Crippen LogP contribution in [-0.2, 0) is 4.74 Å². The summed E-state index contributed by atoms with van der Waals surface area (Å²) in [7, 11) is 0. The van der Waals surface area contributed by atoms with Crippen molar-refractivity contribution in [2.24, 2.45) is 0 Å². The summed E-state index contributed by atoms with van der Waals surface area (Å²) in [6.07, 6.45) is -0.254. The molecule has 2 heterocycles. The number of rotatable bonds is 4. The van der Waals surface area contributed by atoms with Crippen molar-refractivity contribution in [1.29, 1.82) is 0 Å². The molecule has 1 fully saturated rings. The van der Waals surface area contributed by atoms with Crippen molar-refractivity contribution in [3.63, 3.8) is 0 Å². The average Bonchev–Trinajstić information content (AvgIpc) is 3.15. The largest absolute Gasteiger partial charge is 0.478 e. The number of amides is 1. The molecular weight excluding hydrogens is 348 g/mol. The van der Waals surface area contributed by atoms with Gasteiger partial charge in [0.2, 0.25) is 0 Å². The van der Waals surface area contributed by atoms with E-state index in [0.717, 1.165) is 23.1 Å². The molecule has 9 heteroatoms. The molecule has 1 aromatic heterocycles. The van der Waals surface area contributed by atoms with Crippen LogP contribution >= 0.6 is 11.3 Å². The van der Waals surface area contributed by atoms with Crippen molar-refractivity contribution in [3.8, 4) is 0 Å². The Kier molecular flexibility index (Phi) is 4.77. The van der Waals surface area contributed by atoms with Crippen molar-refractivity contribution in [2.45, 2.75) is 6.10 Å². The van der Waals surface area contributed by atoms with Crippen LogP contribution in [0.5, 0.6) is 0 Å². The van der Waals surface area contributed by atoms with Gasteiger partial charge in [0.15, 0.2) is 0 Å². The lowest BCUT2D eigenvalue weighted by atomic mass is 10.1. The molecule has 1 aliphatic rings. The predicted molar refractivity (Wildman–Crippen MR) is 89.0 cm³/mol. The van der Waals surface area contributed by atoms with Gasteiger partial charge in [-0.15, -0.1) is 11.3 Å². The minimum atomic E-state index is -1.32. The van der Waals surface area contributed by atoms with Crippen molar-refractivity contribution in [2.75, 3.05) is 19.7 Å². The number of hydrogen-bond donors (Lipinski definition) is 1. The van der Waals surface area contributed by atoms with E-state index in [1.807, 2.05) is 17.5 Å². The number of carbonyl (C=O) groups excluding carboxylic acids is 1. The Morgan fingerprint density at radius 1 is 1.32 bits per heavy atom. The molecule has 0 radical (unpaired) electrons. The number of aromatic carboxylic acids is 1. The number of benzene rings is 1. The highest BCUT2D eigenvalue weighted by molar-refractivity contribution is 7.10. The molecule has 2 aromatic rings. The van der Waals surface area contributed by atoms with E-state index in [1.165, 1.54) is 16.2 Å². The molecule has 0 bridgehead atoms. The van der Waals surface area contributed by atoms with Gasteiger partial charge in [-0.3, -0.25) is 14.9 Å². The number of nitrogens with zero attached hydrogens (tertiary/aromatic N) is 2. The van der Waals surface area contributed by atoms with E-state index >= 15 is 0 Å². The number of thiophene rings is 1. The normalized spacial score (nSPS) is 17.3. The molecule has 1 N–H and O–H groups in total. The second-order valence-corrected chi connectivity index (χ2v) is 6.44. The lowest BCUT2D eigenvalue weighted by molar-refractivity contribution is -0.384. The monoisotopic (exact) mass is 362 g/mol. The van der Waals surface area contributed by atoms with Crippen LogP contribution in [-0.4, -0.2) is 46.5 Å². The Morgan fingerprint density at radius 2 is 2.08 bits per heavy atom. The highest BCUT2D eigenvalue weighted by Crippen LogP contribution is 2.27. The molecule has 3 rings (SSSR count). The first-order chi connectivity index (χ1) is 12.0. The summed E-state index contributed by atoms with van der Waals surface area (Å²) in [5.74, 6) is -1.77. The van der Waals surface area contributed by atoms with Gasteiger partial charge >= 0.3 is 5.97 Å². The topological polar surface area (TPSA) is 110 Å². The molecule has 0 saturated carbocycles. The Hall–Kier alpha value is -2.78. The summed E-state index contributed by atoms with van der Waals surface area (Å²) in [4.78, 5) is 36.7. The SMILES string of the molecule is O=C(O)c1cc(C(=O)N2CCOC(c3cccs3)C2)cc([N+](=O)[O-])c1. The molecule has 1 amide bonds. The first kappa shape index (κ1) is 17.1. The molecule has 25 heavy (non-hydrogen) atoms. The summed E-state index contributed by atoms with van der Waals surface area (Å²) in [5, 5.41) is 22.0. The number of carboxylic acids is 1. The molecule has 1 atom stereocenters. The maximum absolute atomic E-state index is 12.7. The van der Waals surface area contributed by atoms with E-state index < -0.39 is 22.5 Å². The predicted octanol–water partition coefficient (Wildman–Crippen LogP) is 2.57. The minimum absolute atomic E-state index is 0.0153. The van der Waals surface area contributed by atoms with Crippen molar-refractivity contribution in [3.05, 3.63) is 61.8 Å². The van der Waals surface area contributed by atoms with Crippen LogP contribution in [0.4, 0.5) is 5.69 Å². The molecule has 130 valence electrons. The summed E-state index contributed by atoms with van der Waals surface area (Å²) >= 11 is 1.52. The molecular formula is C16H14N2O6S. The number of nitro groups is 1. The molecule has 0 spiro atoms. The van der Waals surface area contributed by atoms with Gasteiger partial charge in [-0.05, 0) is 17.5 Å². The standard InChI is InChI=1S/C16H14N2O6S/c19-15(10-6-11(16(20)21)8-12(7-10)18(22)23)17-3-4-24-13(9-17)14-2-1-5-25-14/h1-2,5-8,13H,3-4,9H2,(H,20,21). The fraction of sp³-hybridized carbons (Fsp3) is 0.250. The van der Waals surface area contributed by atoms with Crippen LogP contribution in [0.15, 0.2) is 35.7 Å². The average molecular weight is 362 g/mol. The zero-order valence-corrected chi connectivity index (χ0v) is 13.8. The molecule has 1 saturated heterocycles. The van der Waals surface area contributed by atoms with Gasteiger partial charge in [0.05, 0.1) is 23.6 Å². The smallest absolute Gasteiger partial charge is 0.335 e. The molecule has 0 aliphatic carbocycles. The quantitative estimate of drug-likeness (QED) is 0.661. The Balaban J connectivity index is 1.87. The number of carbonyl (C=O) groups is 2. The van der Waals surface area contributed by atoms with Gasteiger partial charge in [0.1, 0.15) is 6.10 Å². The van der Waals surface area contributed by atoms with Crippen molar-refractivity contribution in [1.82, 2.24) is 4.90 Å². The summed E-state index contributed by atoms with van der Waals surface area (Å²) in [5.41, 5.74) is -0.731. The highest BCUT2D eigenvalue weighted by atomic mass is 32.1. The Bertz CT molecular complexity index is 788. The third kappa shape index (κ3) is 3.67. The van der Waals surface area contributed by atoms with Gasteiger partial charge in [-0.2, -0.15) is 0 Å². The van der Waals surface area contributed by atoms with E-state index in [4.69, 9.17) is 9.84 Å². The third-order valence-corrected chi connectivity index (χ3v) is 4.80. The summed E-state index contributed by atoms with van der Waals surface area (Å²) in [6, 6.07) is 7.01. The van der Waals surface area contributed by atoms with E-state index in [9.17, 15) is 19.7 Å². The van der Waals surface area contributed by atoms with Crippen LogP contribution in [0.25, 0.3) is 0 Å². The van der Waals surface area contributed by atoms with Crippen LogP contribution in [0.2, 0.25) is 0 Å². The molecule has 8 nitrogen and oxygen atoms in total. The Morgan fingerprint density at radius 3 is 2.72 bits per heavy atom. The number of morpholine rings is 1. The number of nitro benzene ring substituents is 1. The van der Waals surface area contributed by atoms with E-state index in [0.29, 0.717) is 19.7 Å². The third-order valence-electron chi connectivity index (χ3n) is 3.84. The lowest BCUT2D eigenvalue weighted by Gasteiger charge is -2.32. The van der Waals surface area contributed by atoms with Gasteiger partial charge < -0.3 is 14.7 Å². The summed E-state index contributed by atoms with van der Waals surface area (Å²) < 4.78 is 5.68. The molecule has 1 aliphatic heterocycles. The first-order valence-electron chi connectivity index (χ1n) is 7.43. The highest BCUT2D eigenvalue weighted by Gasteiger charge is 2.28. The number of ether oxygens (including phenoxy) is 1. The fourth-order valence-electron chi connectivity index (χ4n) is 2.63. The zero-order valence-electron chi connectivity index (χ0n) is 13.0. The van der Waals surface area contributed by atoms with E-state index in [2.05, 4.69) is 0 Å². The van der Waals surface area contributed by atoms with Crippen LogP contribution in [0.1, 0.15) is 31.7 Å². The van der Waals surface area contributed by atoms with Crippen LogP contribution in [0, 0.1) is 10.1 Å². The Labute approximate surface area is 146 Å². The van der Waals surface area contributed by atoms with Gasteiger partial charge in [-0.1, -0.05) is 6.07 Å². The molecule has 1 unspecified atom stereocenters. The van der Waals surface area contributed by atoms with Crippen molar-refractivity contribution < 1.29 is 24.4 Å². The van der Waals surface area contributed by atoms with Gasteiger partial charge in [0.25, 0.3) is 11.6 Å². The maximum atomic E-state index is 12.7. The molecule has 1 aromatic carbocycles. The maximum Gasteiger partial charge on any atom is 0.335 e. The lowest BCUT2D eigenvalue weighted by Crippen LogP contribution is -2.42. The summed E-state index contributed by atoms with van der Waals surface area (Å²) in [6.45, 7) is 0.991. The minimum Gasteiger partial charge on any atom is -0.478 e. The number of hydrogen-bond acceptors (Lipinski definition) is 6. The number of carboxylic acid groups (broad SMARTS) is 1. The fourth-order valence-corrected chi connectivity index (χ4v) is 3.39. The first-order valence-corrected chi connectivity index (χ1v) is 8.30. The van der Waals surface area contributed by atoms with Gasteiger partial charge in [-0.25, -0.2) is 4.79 Å². The van der Waals surface area contributed by atoms with E-state index in [1.54, 1.807) is 0 Å².